The van der Waals surface area contributed by atoms with Crippen molar-refractivity contribution in [3.63, 3.8) is 0 Å². The Morgan fingerprint density at radius 1 is 1.21 bits per heavy atom. The highest BCUT2D eigenvalue weighted by Gasteiger charge is 2.46. The van der Waals surface area contributed by atoms with E-state index in [0.29, 0.717) is 24.4 Å². The maximum Gasteiger partial charge on any atom is 0.255 e. The summed E-state index contributed by atoms with van der Waals surface area (Å²) in [6, 6.07) is 5.43. The van der Waals surface area contributed by atoms with E-state index in [1.165, 1.54) is 18.4 Å². The van der Waals surface area contributed by atoms with Crippen molar-refractivity contribution in [3.8, 4) is 0 Å². The molecule has 1 aromatic carbocycles. The summed E-state index contributed by atoms with van der Waals surface area (Å²) in [4.78, 5) is 40.4. The molecule has 0 bridgehead atoms. The molecule has 0 radical (unpaired) electrons. The molecule has 0 aromatic heterocycles. The van der Waals surface area contributed by atoms with E-state index in [9.17, 15) is 14.4 Å². The Balaban J connectivity index is 1.30. The van der Waals surface area contributed by atoms with Gasteiger partial charge in [-0.25, -0.2) is 0 Å². The molecule has 1 saturated carbocycles. The fourth-order valence-electron chi connectivity index (χ4n) is 5.55. The van der Waals surface area contributed by atoms with Gasteiger partial charge in [0, 0.05) is 43.7 Å². The topological polar surface area (TPSA) is 95.7 Å². The van der Waals surface area contributed by atoms with E-state index in [1.54, 1.807) is 4.90 Å². The highest BCUT2D eigenvalue weighted by Crippen LogP contribution is 2.40. The molecular formula is C21H26N4O3. The molecule has 148 valence electrons. The maximum absolute atomic E-state index is 12.8. The highest BCUT2D eigenvalue weighted by molar-refractivity contribution is 6.05. The quantitative estimate of drug-likeness (QED) is 0.753. The van der Waals surface area contributed by atoms with E-state index in [0.717, 1.165) is 31.6 Å². The van der Waals surface area contributed by atoms with Gasteiger partial charge in [-0.3, -0.25) is 24.6 Å². The number of likely N-dealkylation sites (tertiary alicyclic amines) is 1. The van der Waals surface area contributed by atoms with Gasteiger partial charge < -0.3 is 10.6 Å². The lowest BCUT2D eigenvalue weighted by molar-refractivity contribution is -0.136. The maximum atomic E-state index is 12.8. The summed E-state index contributed by atoms with van der Waals surface area (Å²) >= 11 is 0. The van der Waals surface area contributed by atoms with Gasteiger partial charge in [0.2, 0.25) is 11.8 Å². The van der Waals surface area contributed by atoms with Gasteiger partial charge in [-0.05, 0) is 42.4 Å². The van der Waals surface area contributed by atoms with E-state index < -0.39 is 6.04 Å². The van der Waals surface area contributed by atoms with E-state index in [-0.39, 0.29) is 29.7 Å². The number of nitrogens with zero attached hydrogens (tertiary/aromatic N) is 2. The number of nitrogens with two attached hydrogens (primary N) is 1. The first-order valence-corrected chi connectivity index (χ1v) is 10.2. The minimum Gasteiger partial charge on any atom is -0.324 e. The zero-order valence-electron chi connectivity index (χ0n) is 15.9. The summed E-state index contributed by atoms with van der Waals surface area (Å²) in [5.74, 6) is -0.144. The van der Waals surface area contributed by atoms with Crippen molar-refractivity contribution < 1.29 is 14.4 Å². The van der Waals surface area contributed by atoms with E-state index in [2.05, 4.69) is 16.3 Å². The Kier molecular flexibility index (Phi) is 4.07. The Hall–Kier alpha value is -2.25. The summed E-state index contributed by atoms with van der Waals surface area (Å²) in [6.45, 7) is 3.26. The molecule has 1 aliphatic carbocycles. The number of carbonyl (C=O) groups excluding carboxylic acids is 3. The van der Waals surface area contributed by atoms with Gasteiger partial charge in [0.05, 0.1) is 0 Å². The minimum absolute atomic E-state index is 0.0186. The molecule has 3 heterocycles. The van der Waals surface area contributed by atoms with Crippen LogP contribution in [0.1, 0.15) is 53.6 Å². The van der Waals surface area contributed by atoms with Crippen molar-refractivity contribution in [2.45, 2.75) is 56.8 Å². The molecule has 0 spiro atoms. The molecule has 28 heavy (non-hydrogen) atoms. The van der Waals surface area contributed by atoms with Gasteiger partial charge >= 0.3 is 0 Å². The van der Waals surface area contributed by atoms with E-state index >= 15 is 0 Å². The number of hydrogen-bond donors (Lipinski definition) is 2. The normalized spacial score (nSPS) is 32.6. The average Bonchev–Trinajstić information content (AvgIpc) is 3.24. The molecule has 7 heteroatoms. The van der Waals surface area contributed by atoms with Crippen LogP contribution >= 0.6 is 0 Å². The fraction of sp³-hybridized carbons (Fsp3) is 0.571. The number of hydrogen-bond acceptors (Lipinski definition) is 5. The number of piperidine rings is 1. The van der Waals surface area contributed by atoms with E-state index in [1.807, 2.05) is 12.1 Å². The largest absolute Gasteiger partial charge is 0.324 e. The number of imide groups is 1. The molecule has 4 aliphatic rings. The third kappa shape index (κ3) is 2.84. The summed E-state index contributed by atoms with van der Waals surface area (Å²) < 4.78 is 0. The van der Waals surface area contributed by atoms with Crippen molar-refractivity contribution in [1.29, 1.82) is 0 Å². The third-order valence-electron chi connectivity index (χ3n) is 7.00. The lowest BCUT2D eigenvalue weighted by Crippen LogP contribution is -2.52. The van der Waals surface area contributed by atoms with Crippen LogP contribution in [0.25, 0.3) is 0 Å². The van der Waals surface area contributed by atoms with E-state index in [4.69, 9.17) is 5.73 Å². The Bertz CT molecular complexity index is 869. The summed E-state index contributed by atoms with van der Waals surface area (Å²) in [7, 11) is 0. The third-order valence-corrected chi connectivity index (χ3v) is 7.00. The molecule has 3 N–H and O–H groups in total. The first kappa shape index (κ1) is 17.8. The number of benzene rings is 1. The Morgan fingerprint density at radius 3 is 2.86 bits per heavy atom. The zero-order valence-corrected chi connectivity index (χ0v) is 15.9. The number of rotatable bonds is 3. The van der Waals surface area contributed by atoms with Gasteiger partial charge in [0.15, 0.2) is 0 Å². The Morgan fingerprint density at radius 2 is 2.07 bits per heavy atom. The van der Waals surface area contributed by atoms with Crippen LogP contribution in [-0.2, 0) is 22.7 Å². The number of carbonyl (C=O) groups is 3. The van der Waals surface area contributed by atoms with Crippen molar-refractivity contribution in [3.05, 3.63) is 34.9 Å². The van der Waals surface area contributed by atoms with Crippen LogP contribution in [0.2, 0.25) is 0 Å². The first-order chi connectivity index (χ1) is 13.4. The van der Waals surface area contributed by atoms with Crippen LogP contribution in [-0.4, -0.2) is 52.2 Å². The van der Waals surface area contributed by atoms with Crippen molar-refractivity contribution in [2.75, 3.05) is 13.1 Å². The van der Waals surface area contributed by atoms with Gasteiger partial charge in [-0.15, -0.1) is 0 Å². The average molecular weight is 382 g/mol. The highest BCUT2D eigenvalue weighted by atomic mass is 16.2. The van der Waals surface area contributed by atoms with Gasteiger partial charge in [-0.1, -0.05) is 18.6 Å². The molecule has 3 aliphatic heterocycles. The molecule has 3 amide bonds. The molecule has 7 nitrogen and oxygen atoms in total. The van der Waals surface area contributed by atoms with Crippen LogP contribution in [0.15, 0.2) is 18.2 Å². The second-order valence-corrected chi connectivity index (χ2v) is 8.88. The van der Waals surface area contributed by atoms with Crippen LogP contribution in [0.5, 0.6) is 0 Å². The second kappa shape index (κ2) is 6.39. The van der Waals surface area contributed by atoms with Crippen LogP contribution < -0.4 is 11.1 Å². The zero-order chi connectivity index (χ0) is 19.5. The predicted octanol–water partition coefficient (Wildman–Crippen LogP) is 0.761. The first-order valence-electron chi connectivity index (χ1n) is 10.2. The Labute approximate surface area is 164 Å². The van der Waals surface area contributed by atoms with Crippen molar-refractivity contribution >= 4 is 17.7 Å². The molecular weight excluding hydrogens is 356 g/mol. The molecule has 2 saturated heterocycles. The molecule has 1 aromatic rings. The summed E-state index contributed by atoms with van der Waals surface area (Å²) in [5.41, 5.74) is 9.38. The molecule has 3 fully saturated rings. The smallest absolute Gasteiger partial charge is 0.255 e. The van der Waals surface area contributed by atoms with Gasteiger partial charge in [-0.2, -0.15) is 0 Å². The van der Waals surface area contributed by atoms with Crippen LogP contribution in [0.3, 0.4) is 0 Å². The molecule has 5 rings (SSSR count). The molecule has 3 unspecified atom stereocenters. The monoisotopic (exact) mass is 382 g/mol. The second-order valence-electron chi connectivity index (χ2n) is 8.88. The minimum atomic E-state index is -0.559. The number of nitrogens with one attached hydrogen (secondary N) is 1. The van der Waals surface area contributed by atoms with Crippen LogP contribution in [0.4, 0.5) is 0 Å². The lowest BCUT2D eigenvalue weighted by atomic mass is 9.92. The SMILES string of the molecule is NC12CCCC1CN(Cc1ccc3c(c1)CN(C1CCC(=O)NC1=O)C3=O)C2. The van der Waals surface area contributed by atoms with Gasteiger partial charge in [0.1, 0.15) is 6.04 Å². The van der Waals surface area contributed by atoms with Gasteiger partial charge in [0.25, 0.3) is 5.91 Å². The molecule has 3 atom stereocenters. The summed E-state index contributed by atoms with van der Waals surface area (Å²) in [5, 5.41) is 2.35. The lowest BCUT2D eigenvalue weighted by Gasteiger charge is -2.29. The number of amides is 3. The van der Waals surface area contributed by atoms with Crippen LogP contribution in [0, 0.1) is 5.92 Å². The van der Waals surface area contributed by atoms with Crippen molar-refractivity contribution in [1.82, 2.24) is 15.1 Å². The fourth-order valence-corrected chi connectivity index (χ4v) is 5.55. The standard InChI is InChI=1S/C21H26N4O3/c22-21-7-1-2-15(21)11-24(12-21)9-13-3-4-16-14(8-13)10-25(20(16)28)17-5-6-18(26)23-19(17)27/h3-4,8,15,17H,1-2,5-7,9-12,22H2,(H,23,26,27). The summed E-state index contributed by atoms with van der Waals surface area (Å²) in [6.07, 6.45) is 4.26. The predicted molar refractivity (Wildman–Crippen MR) is 102 cm³/mol. The number of fused-ring (bicyclic) bond motifs is 2. The van der Waals surface area contributed by atoms with Crippen molar-refractivity contribution in [2.24, 2.45) is 11.7 Å².